The SMILES string of the molecule is C=CC(=O)OCCCCCCOc1ccc(C#Cc2ccc(C(=O)Oc3ccc(OC(=O)c4ccc(C#Cc5ccc(OCCCCCCOC(=O)C=C)cc5)cc4)c(C(=O)OCCCCCCCCOc4ccc(-c5ccc(C#N)cc5)cc4)c3)cc2)cc1. The van der Waals surface area contributed by atoms with E-state index in [4.69, 9.17) is 43.2 Å². The highest BCUT2D eigenvalue weighted by Gasteiger charge is 2.21. The van der Waals surface area contributed by atoms with Crippen LogP contribution in [-0.4, -0.2) is 69.5 Å². The van der Waals surface area contributed by atoms with Crippen molar-refractivity contribution >= 4 is 29.8 Å². The maximum atomic E-state index is 13.8. The Balaban J connectivity index is 0.889. The van der Waals surface area contributed by atoms with Crippen LogP contribution in [0.3, 0.4) is 0 Å². The van der Waals surface area contributed by atoms with Gasteiger partial charge in [0, 0.05) is 34.4 Å². The molecule has 14 nitrogen and oxygen atoms in total. The first-order chi connectivity index (χ1) is 44.0. The van der Waals surface area contributed by atoms with Crippen LogP contribution in [0.15, 0.2) is 189 Å². The molecule has 7 rings (SSSR count). The summed E-state index contributed by atoms with van der Waals surface area (Å²) in [5, 5.41) is 9.08. The lowest BCUT2D eigenvalue weighted by Gasteiger charge is -2.13. The molecule has 14 heteroatoms. The summed E-state index contributed by atoms with van der Waals surface area (Å²) in [6.07, 6.45) is 14.6. The molecule has 0 fully saturated rings. The van der Waals surface area contributed by atoms with E-state index in [-0.39, 0.29) is 34.8 Å². The molecule has 7 aromatic rings. The van der Waals surface area contributed by atoms with Crippen molar-refractivity contribution in [2.24, 2.45) is 0 Å². The number of nitrogens with zero attached hydrogens (tertiary/aromatic N) is 1. The summed E-state index contributed by atoms with van der Waals surface area (Å²) >= 11 is 0. The van der Waals surface area contributed by atoms with E-state index in [0.717, 1.165) is 135 Å². The summed E-state index contributed by atoms with van der Waals surface area (Å²) in [5.74, 6) is 11.8. The van der Waals surface area contributed by atoms with Crippen molar-refractivity contribution in [1.82, 2.24) is 0 Å². The molecule has 0 unspecified atom stereocenters. The van der Waals surface area contributed by atoms with Gasteiger partial charge in [-0.05, 0) is 215 Å². The molecular formula is C76H73NO13. The van der Waals surface area contributed by atoms with Crippen molar-refractivity contribution < 1.29 is 61.9 Å². The Morgan fingerprint density at radius 2 is 0.667 bits per heavy atom. The minimum absolute atomic E-state index is 0.0370. The van der Waals surface area contributed by atoms with Gasteiger partial charge >= 0.3 is 29.8 Å². The van der Waals surface area contributed by atoms with Gasteiger partial charge in [-0.2, -0.15) is 5.26 Å². The van der Waals surface area contributed by atoms with E-state index in [0.29, 0.717) is 56.1 Å². The lowest BCUT2D eigenvalue weighted by molar-refractivity contribution is -0.138. The first-order valence-electron chi connectivity index (χ1n) is 30.3. The van der Waals surface area contributed by atoms with Crippen LogP contribution >= 0.6 is 0 Å². The summed E-state index contributed by atoms with van der Waals surface area (Å²) in [6.45, 7) is 9.39. The fraction of sp³-hybridized carbons (Fsp3) is 0.263. The van der Waals surface area contributed by atoms with Crippen molar-refractivity contribution in [1.29, 1.82) is 5.26 Å². The summed E-state index contributed by atoms with van der Waals surface area (Å²) in [4.78, 5) is 63.2. The molecule has 0 radical (unpaired) electrons. The number of hydrogen-bond donors (Lipinski definition) is 0. The van der Waals surface area contributed by atoms with Crippen LogP contribution in [0.25, 0.3) is 11.1 Å². The van der Waals surface area contributed by atoms with Crippen LogP contribution in [-0.2, 0) is 23.8 Å². The van der Waals surface area contributed by atoms with Crippen LogP contribution in [0.5, 0.6) is 28.7 Å². The molecule has 0 bridgehead atoms. The van der Waals surface area contributed by atoms with E-state index in [1.807, 2.05) is 84.9 Å². The fourth-order valence-electron chi connectivity index (χ4n) is 8.87. The van der Waals surface area contributed by atoms with E-state index in [1.165, 1.54) is 18.2 Å². The zero-order valence-corrected chi connectivity index (χ0v) is 50.6. The third kappa shape index (κ3) is 23.9. The van der Waals surface area contributed by atoms with E-state index in [2.05, 4.69) is 42.9 Å². The van der Waals surface area contributed by atoms with Crippen LogP contribution in [0, 0.1) is 35.0 Å². The molecule has 0 aliphatic heterocycles. The zero-order chi connectivity index (χ0) is 63.4. The molecule has 90 heavy (non-hydrogen) atoms. The minimum atomic E-state index is -0.750. The number of unbranched alkanes of at least 4 members (excludes halogenated alkanes) is 11. The van der Waals surface area contributed by atoms with Gasteiger partial charge in [0.15, 0.2) is 0 Å². The second-order valence-corrected chi connectivity index (χ2v) is 20.7. The summed E-state index contributed by atoms with van der Waals surface area (Å²) in [5.41, 5.74) is 5.96. The third-order valence-electron chi connectivity index (χ3n) is 13.9. The summed E-state index contributed by atoms with van der Waals surface area (Å²) < 4.78 is 45.0. The topological polar surface area (TPSA) is 183 Å². The van der Waals surface area contributed by atoms with Gasteiger partial charge in [0.25, 0.3) is 0 Å². The highest BCUT2D eigenvalue weighted by Crippen LogP contribution is 2.28. The van der Waals surface area contributed by atoms with Crippen molar-refractivity contribution in [3.8, 4) is 69.6 Å². The average Bonchev–Trinajstić information content (AvgIpc) is 1.43. The van der Waals surface area contributed by atoms with Gasteiger partial charge in [-0.3, -0.25) is 0 Å². The van der Waals surface area contributed by atoms with E-state index >= 15 is 0 Å². The minimum Gasteiger partial charge on any atom is -0.494 e. The Kier molecular flexibility index (Phi) is 28.1. The number of nitriles is 1. The van der Waals surface area contributed by atoms with Gasteiger partial charge in [0.2, 0.25) is 0 Å². The maximum Gasteiger partial charge on any atom is 0.343 e. The normalized spacial score (nSPS) is 10.3. The predicted molar refractivity (Wildman–Crippen MR) is 344 cm³/mol. The fourth-order valence-corrected chi connectivity index (χ4v) is 8.87. The van der Waals surface area contributed by atoms with Crippen LogP contribution in [0.1, 0.15) is 149 Å². The summed E-state index contributed by atoms with van der Waals surface area (Å²) in [6, 6.07) is 49.8. The Morgan fingerprint density at radius 3 is 1.07 bits per heavy atom. The van der Waals surface area contributed by atoms with Crippen molar-refractivity contribution in [2.45, 2.75) is 89.9 Å². The molecule has 0 spiro atoms. The van der Waals surface area contributed by atoms with Gasteiger partial charge in [0.1, 0.15) is 34.3 Å². The average molecular weight is 1210 g/mol. The van der Waals surface area contributed by atoms with Crippen LogP contribution in [0.2, 0.25) is 0 Å². The highest BCUT2D eigenvalue weighted by molar-refractivity contribution is 5.97. The van der Waals surface area contributed by atoms with E-state index in [9.17, 15) is 24.0 Å². The van der Waals surface area contributed by atoms with Gasteiger partial charge in [-0.1, -0.05) is 86.8 Å². The molecular weight excluding hydrogens is 1130 g/mol. The molecule has 460 valence electrons. The molecule has 0 heterocycles. The molecule has 0 N–H and O–H groups in total. The predicted octanol–water partition coefficient (Wildman–Crippen LogP) is 15.4. The van der Waals surface area contributed by atoms with E-state index < -0.39 is 29.8 Å². The van der Waals surface area contributed by atoms with Gasteiger partial charge in [0.05, 0.1) is 62.4 Å². The van der Waals surface area contributed by atoms with E-state index in [1.54, 1.807) is 60.7 Å². The molecule has 0 aromatic heterocycles. The number of benzene rings is 7. The summed E-state index contributed by atoms with van der Waals surface area (Å²) in [7, 11) is 0. The number of carbonyl (C=O) groups excluding carboxylic acids is 5. The second-order valence-electron chi connectivity index (χ2n) is 20.7. The van der Waals surface area contributed by atoms with Crippen molar-refractivity contribution in [3.63, 3.8) is 0 Å². The molecule has 0 saturated heterocycles. The molecule has 7 aromatic carbocycles. The monoisotopic (exact) mass is 1210 g/mol. The standard InChI is InChI=1S/C76H73NO13/c1-3-72(78)86-52-16-11-9-14-50-83-66-41-29-59(30-42-66)21-19-57-23-35-64(36-24-57)74(80)89-69-47-48-71(70(55-69)76(82)88-54-18-8-6-5-7-13-49-85-68-45-39-63(40-46-68)62-33-27-61(56-77)28-34-62)90-75(81)65-37-25-58(26-38-65)20-22-60-31-43-67(44-32-60)84-51-15-10-12-17-53-87-73(79)4-2/h3-4,23-48,55H,1-2,5-18,49-54H2. The lowest BCUT2D eigenvalue weighted by atomic mass is 10.0. The Morgan fingerprint density at radius 1 is 0.344 bits per heavy atom. The maximum absolute atomic E-state index is 13.8. The van der Waals surface area contributed by atoms with Gasteiger partial charge in [-0.25, -0.2) is 24.0 Å². The first kappa shape index (κ1) is 66.9. The quantitative estimate of drug-likeness (QED) is 0.00927. The second kappa shape index (κ2) is 37.8. The van der Waals surface area contributed by atoms with Gasteiger partial charge < -0.3 is 37.9 Å². The zero-order valence-electron chi connectivity index (χ0n) is 50.6. The molecule has 0 atom stereocenters. The Bertz CT molecular complexity index is 3640. The Labute approximate surface area is 527 Å². The third-order valence-corrected chi connectivity index (χ3v) is 13.9. The first-order valence-corrected chi connectivity index (χ1v) is 30.3. The number of hydrogen-bond acceptors (Lipinski definition) is 14. The van der Waals surface area contributed by atoms with Crippen molar-refractivity contribution in [3.05, 3.63) is 234 Å². The Hall–Kier alpha value is -10.6. The molecule has 0 aliphatic carbocycles. The number of ether oxygens (including phenoxy) is 8. The molecule has 0 saturated carbocycles. The largest absolute Gasteiger partial charge is 0.494 e. The van der Waals surface area contributed by atoms with Crippen LogP contribution in [0.4, 0.5) is 0 Å². The van der Waals surface area contributed by atoms with Crippen molar-refractivity contribution in [2.75, 3.05) is 39.6 Å². The number of esters is 5. The molecule has 0 amide bonds. The van der Waals surface area contributed by atoms with Gasteiger partial charge in [-0.15, -0.1) is 0 Å². The lowest BCUT2D eigenvalue weighted by Crippen LogP contribution is -2.14. The smallest absolute Gasteiger partial charge is 0.343 e. The van der Waals surface area contributed by atoms with Crippen LogP contribution < -0.4 is 23.7 Å². The number of carbonyl (C=O) groups is 5. The molecule has 0 aliphatic rings. The highest BCUT2D eigenvalue weighted by atomic mass is 16.6. The number of rotatable bonds is 34.